The number of halogens is 1. The van der Waals surface area contributed by atoms with Crippen LogP contribution in [0.1, 0.15) is 11.1 Å². The largest absolute Gasteiger partial charge is 0.497 e. The Balaban J connectivity index is 3.31. The van der Waals surface area contributed by atoms with Crippen molar-refractivity contribution in [3.63, 3.8) is 0 Å². The molecule has 2 N–H and O–H groups in total. The van der Waals surface area contributed by atoms with Gasteiger partial charge >= 0.3 is 0 Å². The number of nitrogens with zero attached hydrogens (tertiary/aromatic N) is 1. The zero-order chi connectivity index (χ0) is 9.84. The predicted molar refractivity (Wildman–Crippen MR) is 58.3 cm³/mol. The first-order chi connectivity index (χ1) is 6.22. The summed E-state index contributed by atoms with van der Waals surface area (Å²) in [5.41, 5.74) is 6.98. The molecule has 0 atom stereocenters. The Morgan fingerprint density at radius 2 is 2.31 bits per heavy atom. The van der Waals surface area contributed by atoms with E-state index < -0.39 is 0 Å². The van der Waals surface area contributed by atoms with Crippen molar-refractivity contribution in [3.8, 4) is 11.8 Å². The maximum Gasteiger partial charge on any atom is 0.120 e. The Kier molecular flexibility index (Phi) is 3.51. The lowest BCUT2D eigenvalue weighted by Crippen LogP contribution is -2.02. The quantitative estimate of drug-likeness (QED) is 0.841. The number of nitrogens with two attached hydrogens (primary N) is 1. The molecule has 0 radical (unpaired) electrons. The molecule has 0 unspecified atom stereocenters. The van der Waals surface area contributed by atoms with E-state index in [1.165, 1.54) is 0 Å². The molecule has 0 heterocycles. The van der Waals surface area contributed by atoms with Gasteiger partial charge in [0.25, 0.3) is 0 Å². The first-order valence-corrected chi connectivity index (χ1v) is 4.77. The Labute approximate surface area is 90.6 Å². The van der Waals surface area contributed by atoms with Crippen molar-refractivity contribution in [2.24, 2.45) is 5.73 Å². The van der Waals surface area contributed by atoms with Crippen molar-refractivity contribution < 1.29 is 4.74 Å². The molecule has 0 aliphatic carbocycles. The van der Waals surface area contributed by atoms with Gasteiger partial charge in [0.1, 0.15) is 11.8 Å². The van der Waals surface area contributed by atoms with Crippen LogP contribution in [0.4, 0.5) is 0 Å². The SMILES string of the molecule is COc1cc(I)c(C#N)c(CN)c1. The van der Waals surface area contributed by atoms with E-state index in [-0.39, 0.29) is 0 Å². The number of benzene rings is 1. The zero-order valence-corrected chi connectivity index (χ0v) is 9.33. The standard InChI is InChI=1S/C9H9IN2O/c1-13-7-2-6(4-11)8(5-12)9(10)3-7/h2-3H,4,11H2,1H3. The molecule has 0 aliphatic heterocycles. The van der Waals surface area contributed by atoms with Gasteiger partial charge in [0.05, 0.1) is 12.7 Å². The summed E-state index contributed by atoms with van der Waals surface area (Å²) < 4.78 is 5.94. The topological polar surface area (TPSA) is 59.0 Å². The summed E-state index contributed by atoms with van der Waals surface area (Å²) in [5.74, 6) is 0.740. The van der Waals surface area contributed by atoms with Gasteiger partial charge in [-0.2, -0.15) is 5.26 Å². The van der Waals surface area contributed by atoms with Crippen LogP contribution in [0.5, 0.6) is 5.75 Å². The first kappa shape index (κ1) is 10.3. The van der Waals surface area contributed by atoms with Crippen LogP contribution in [0.2, 0.25) is 0 Å². The van der Waals surface area contributed by atoms with Crippen LogP contribution in [0.15, 0.2) is 12.1 Å². The highest BCUT2D eigenvalue weighted by Crippen LogP contribution is 2.23. The van der Waals surface area contributed by atoms with Crippen LogP contribution in [0.3, 0.4) is 0 Å². The van der Waals surface area contributed by atoms with Crippen molar-refractivity contribution in [3.05, 3.63) is 26.8 Å². The van der Waals surface area contributed by atoms with Crippen LogP contribution >= 0.6 is 22.6 Å². The van der Waals surface area contributed by atoms with Crippen molar-refractivity contribution in [1.82, 2.24) is 0 Å². The maximum absolute atomic E-state index is 8.84. The smallest absolute Gasteiger partial charge is 0.120 e. The second kappa shape index (κ2) is 4.44. The van der Waals surface area contributed by atoms with Crippen LogP contribution in [0, 0.1) is 14.9 Å². The lowest BCUT2D eigenvalue weighted by Gasteiger charge is -2.06. The van der Waals surface area contributed by atoms with E-state index in [1.54, 1.807) is 13.2 Å². The van der Waals surface area contributed by atoms with Crippen molar-refractivity contribution in [2.45, 2.75) is 6.54 Å². The number of hydrogen-bond acceptors (Lipinski definition) is 3. The number of hydrogen-bond donors (Lipinski definition) is 1. The molecule has 0 fully saturated rings. The molecule has 4 heteroatoms. The second-order valence-corrected chi connectivity index (χ2v) is 3.62. The van der Waals surface area contributed by atoms with Gasteiger partial charge in [-0.3, -0.25) is 0 Å². The van der Waals surface area contributed by atoms with E-state index in [0.717, 1.165) is 14.9 Å². The van der Waals surface area contributed by atoms with E-state index in [1.807, 2.05) is 6.07 Å². The molecular formula is C9H9IN2O. The van der Waals surface area contributed by atoms with Gasteiger partial charge in [-0.25, -0.2) is 0 Å². The fraction of sp³-hybridized carbons (Fsp3) is 0.222. The summed E-state index contributed by atoms with van der Waals surface area (Å²) in [5, 5.41) is 8.84. The summed E-state index contributed by atoms with van der Waals surface area (Å²) in [6, 6.07) is 5.73. The minimum Gasteiger partial charge on any atom is -0.497 e. The summed E-state index contributed by atoms with van der Waals surface area (Å²) in [6.45, 7) is 0.357. The van der Waals surface area contributed by atoms with Gasteiger partial charge in [0.2, 0.25) is 0 Å². The molecule has 0 aliphatic rings. The number of rotatable bonds is 2. The summed E-state index contributed by atoms with van der Waals surface area (Å²) >= 11 is 2.10. The minimum absolute atomic E-state index is 0.357. The first-order valence-electron chi connectivity index (χ1n) is 3.69. The van der Waals surface area contributed by atoms with Gasteiger partial charge in [0, 0.05) is 10.1 Å². The van der Waals surface area contributed by atoms with E-state index in [9.17, 15) is 0 Å². The predicted octanol–water partition coefficient (Wildman–Crippen LogP) is 1.63. The Morgan fingerprint density at radius 3 is 2.77 bits per heavy atom. The summed E-state index contributed by atoms with van der Waals surface area (Å²) in [4.78, 5) is 0. The third-order valence-corrected chi connectivity index (χ3v) is 2.56. The molecule has 0 aromatic heterocycles. The van der Waals surface area contributed by atoms with Gasteiger partial charge in [-0.05, 0) is 40.3 Å². The number of ether oxygens (including phenoxy) is 1. The fourth-order valence-electron chi connectivity index (χ4n) is 1.04. The monoisotopic (exact) mass is 288 g/mol. The average molecular weight is 288 g/mol. The van der Waals surface area contributed by atoms with E-state index in [0.29, 0.717) is 12.1 Å². The zero-order valence-electron chi connectivity index (χ0n) is 7.17. The Bertz CT molecular complexity index is 357. The van der Waals surface area contributed by atoms with Crippen LogP contribution < -0.4 is 10.5 Å². The van der Waals surface area contributed by atoms with Gasteiger partial charge in [-0.15, -0.1) is 0 Å². The Hall–Kier alpha value is -0.800. The van der Waals surface area contributed by atoms with Crippen LogP contribution in [-0.2, 0) is 6.54 Å². The van der Waals surface area contributed by atoms with Crippen LogP contribution in [0.25, 0.3) is 0 Å². The van der Waals surface area contributed by atoms with Gasteiger partial charge < -0.3 is 10.5 Å². The lowest BCUT2D eigenvalue weighted by molar-refractivity contribution is 0.414. The molecule has 68 valence electrons. The molecular weight excluding hydrogens is 279 g/mol. The van der Waals surface area contributed by atoms with Crippen molar-refractivity contribution in [1.29, 1.82) is 5.26 Å². The average Bonchev–Trinajstić information content (AvgIpc) is 2.16. The van der Waals surface area contributed by atoms with Crippen molar-refractivity contribution in [2.75, 3.05) is 7.11 Å². The number of nitriles is 1. The highest BCUT2D eigenvalue weighted by molar-refractivity contribution is 14.1. The molecule has 1 aromatic carbocycles. The molecule has 1 rings (SSSR count). The highest BCUT2D eigenvalue weighted by Gasteiger charge is 2.07. The highest BCUT2D eigenvalue weighted by atomic mass is 127. The van der Waals surface area contributed by atoms with Crippen molar-refractivity contribution >= 4 is 22.6 Å². The van der Waals surface area contributed by atoms with E-state index >= 15 is 0 Å². The van der Waals surface area contributed by atoms with E-state index in [2.05, 4.69) is 28.7 Å². The molecule has 0 amide bonds. The number of methoxy groups -OCH3 is 1. The fourth-order valence-corrected chi connectivity index (χ4v) is 1.81. The third kappa shape index (κ3) is 2.11. The lowest BCUT2D eigenvalue weighted by atomic mass is 10.1. The molecule has 3 nitrogen and oxygen atoms in total. The van der Waals surface area contributed by atoms with Gasteiger partial charge in [-0.1, -0.05) is 0 Å². The molecule has 1 aromatic rings. The van der Waals surface area contributed by atoms with Crippen LogP contribution in [-0.4, -0.2) is 7.11 Å². The van der Waals surface area contributed by atoms with Gasteiger partial charge in [0.15, 0.2) is 0 Å². The Morgan fingerprint density at radius 1 is 1.62 bits per heavy atom. The van der Waals surface area contributed by atoms with E-state index in [4.69, 9.17) is 15.7 Å². The molecule has 0 bridgehead atoms. The normalized spacial score (nSPS) is 9.38. The minimum atomic E-state index is 0.357. The summed E-state index contributed by atoms with van der Waals surface area (Å²) in [6.07, 6.45) is 0. The molecule has 0 spiro atoms. The molecule has 0 saturated heterocycles. The third-order valence-electron chi connectivity index (χ3n) is 1.71. The molecule has 0 saturated carbocycles. The maximum atomic E-state index is 8.84. The second-order valence-electron chi connectivity index (χ2n) is 2.46. The summed E-state index contributed by atoms with van der Waals surface area (Å²) in [7, 11) is 1.59. The molecule has 13 heavy (non-hydrogen) atoms.